The fraction of sp³-hybridized carbons (Fsp3) is 0.600. The number of aromatic hydroxyl groups is 1. The summed E-state index contributed by atoms with van der Waals surface area (Å²) in [6.45, 7) is 6.06. The first-order valence-corrected chi connectivity index (χ1v) is 7.10. The smallest absolute Gasteiger partial charge is 0.131 e. The Morgan fingerprint density at radius 2 is 1.95 bits per heavy atom. The second-order valence-corrected chi connectivity index (χ2v) is 4.97. The fourth-order valence-electron chi connectivity index (χ4n) is 2.85. The Bertz CT molecular complexity index is 445. The Morgan fingerprint density at radius 1 is 1.25 bits per heavy atom. The number of nitrogens with zero attached hydrogens (tertiary/aromatic N) is 1. The van der Waals surface area contributed by atoms with Crippen LogP contribution in [0, 0.1) is 0 Å². The van der Waals surface area contributed by atoms with Crippen molar-refractivity contribution in [2.45, 2.75) is 19.4 Å². The van der Waals surface area contributed by atoms with E-state index in [9.17, 15) is 5.11 Å². The van der Waals surface area contributed by atoms with Crippen molar-refractivity contribution in [2.75, 3.05) is 40.4 Å². The quantitative estimate of drug-likeness (QED) is 0.861. The number of benzene rings is 1. The van der Waals surface area contributed by atoms with Gasteiger partial charge < -0.3 is 19.9 Å². The van der Waals surface area contributed by atoms with E-state index < -0.39 is 0 Å². The molecule has 5 heteroatoms. The van der Waals surface area contributed by atoms with Crippen molar-refractivity contribution >= 4 is 0 Å². The number of phenolic OH excluding ortho intramolecular Hbond substituents is 1. The van der Waals surface area contributed by atoms with Crippen molar-refractivity contribution in [2.24, 2.45) is 0 Å². The van der Waals surface area contributed by atoms with Crippen LogP contribution in [0.25, 0.3) is 0 Å². The van der Waals surface area contributed by atoms with Crippen molar-refractivity contribution < 1.29 is 14.6 Å². The standard InChI is InChI=1S/C15H24N2O3/c1-4-12(17-7-5-16-6-8-17)15-13(18)9-11(19-2)10-14(15)20-3/h9-10,12,16,18H,4-8H2,1-3H3/t12-/m0/s1. The summed E-state index contributed by atoms with van der Waals surface area (Å²) in [5, 5.41) is 13.7. The maximum Gasteiger partial charge on any atom is 0.131 e. The van der Waals surface area contributed by atoms with Crippen LogP contribution in [0.1, 0.15) is 24.9 Å². The van der Waals surface area contributed by atoms with Crippen molar-refractivity contribution in [1.82, 2.24) is 10.2 Å². The van der Waals surface area contributed by atoms with Gasteiger partial charge >= 0.3 is 0 Å². The van der Waals surface area contributed by atoms with E-state index in [-0.39, 0.29) is 11.8 Å². The molecular weight excluding hydrogens is 256 g/mol. The minimum atomic E-state index is 0.165. The van der Waals surface area contributed by atoms with E-state index in [4.69, 9.17) is 9.47 Å². The average molecular weight is 280 g/mol. The molecule has 1 aromatic rings. The van der Waals surface area contributed by atoms with Gasteiger partial charge in [0.25, 0.3) is 0 Å². The number of hydrogen-bond acceptors (Lipinski definition) is 5. The second-order valence-electron chi connectivity index (χ2n) is 4.97. The SMILES string of the molecule is CC[C@@H](c1c(O)cc(OC)cc1OC)N1CCNCC1. The fourth-order valence-corrected chi connectivity index (χ4v) is 2.85. The lowest BCUT2D eigenvalue weighted by Gasteiger charge is -2.35. The number of nitrogens with one attached hydrogen (secondary N) is 1. The third kappa shape index (κ3) is 2.99. The highest BCUT2D eigenvalue weighted by molar-refractivity contribution is 5.51. The van der Waals surface area contributed by atoms with E-state index in [0.717, 1.165) is 38.2 Å². The highest BCUT2D eigenvalue weighted by Crippen LogP contribution is 2.41. The molecule has 20 heavy (non-hydrogen) atoms. The average Bonchev–Trinajstić information content (AvgIpc) is 2.50. The molecule has 0 spiro atoms. The van der Waals surface area contributed by atoms with Gasteiger partial charge in [0.2, 0.25) is 0 Å². The van der Waals surface area contributed by atoms with Crippen LogP contribution in [0.5, 0.6) is 17.2 Å². The van der Waals surface area contributed by atoms with E-state index >= 15 is 0 Å². The summed E-state index contributed by atoms with van der Waals surface area (Å²) in [5.74, 6) is 1.54. The van der Waals surface area contributed by atoms with Gasteiger partial charge in [-0.15, -0.1) is 0 Å². The first-order chi connectivity index (χ1) is 9.71. The lowest BCUT2D eigenvalue weighted by atomic mass is 9.99. The third-order valence-corrected chi connectivity index (χ3v) is 3.86. The minimum Gasteiger partial charge on any atom is -0.507 e. The summed E-state index contributed by atoms with van der Waals surface area (Å²) in [4.78, 5) is 2.39. The Balaban J connectivity index is 2.37. The van der Waals surface area contributed by atoms with Gasteiger partial charge in [0.05, 0.1) is 19.8 Å². The molecule has 0 radical (unpaired) electrons. The van der Waals surface area contributed by atoms with Crippen LogP contribution in [-0.4, -0.2) is 50.4 Å². The third-order valence-electron chi connectivity index (χ3n) is 3.86. The van der Waals surface area contributed by atoms with Gasteiger partial charge in [-0.25, -0.2) is 0 Å². The van der Waals surface area contributed by atoms with Crippen LogP contribution < -0.4 is 14.8 Å². The molecule has 112 valence electrons. The Hall–Kier alpha value is -1.46. The van der Waals surface area contributed by atoms with E-state index in [0.29, 0.717) is 11.5 Å². The molecule has 0 bridgehead atoms. The molecule has 1 atom stereocenters. The number of piperazine rings is 1. The van der Waals surface area contributed by atoms with Gasteiger partial charge in [0, 0.05) is 44.4 Å². The van der Waals surface area contributed by atoms with Gasteiger partial charge in [-0.1, -0.05) is 6.92 Å². The van der Waals surface area contributed by atoms with Crippen LogP contribution in [-0.2, 0) is 0 Å². The molecular formula is C15H24N2O3. The number of hydrogen-bond donors (Lipinski definition) is 2. The zero-order valence-corrected chi connectivity index (χ0v) is 12.5. The molecule has 2 N–H and O–H groups in total. The van der Waals surface area contributed by atoms with Crippen LogP contribution in [0.4, 0.5) is 0 Å². The summed E-state index contributed by atoms with van der Waals surface area (Å²) in [5.41, 5.74) is 0.859. The molecule has 0 amide bonds. The van der Waals surface area contributed by atoms with Crippen LogP contribution >= 0.6 is 0 Å². The lowest BCUT2D eigenvalue weighted by Crippen LogP contribution is -2.45. The highest BCUT2D eigenvalue weighted by atomic mass is 16.5. The molecule has 0 aromatic heterocycles. The maximum absolute atomic E-state index is 10.4. The van der Waals surface area contributed by atoms with Gasteiger partial charge in [0.1, 0.15) is 17.2 Å². The molecule has 1 aromatic carbocycles. The zero-order chi connectivity index (χ0) is 14.5. The van der Waals surface area contributed by atoms with Gasteiger partial charge in [-0.2, -0.15) is 0 Å². The van der Waals surface area contributed by atoms with E-state index in [1.807, 2.05) is 6.07 Å². The summed E-state index contributed by atoms with van der Waals surface area (Å²) >= 11 is 0. The van der Waals surface area contributed by atoms with Crippen LogP contribution in [0.15, 0.2) is 12.1 Å². The number of phenols is 1. The van der Waals surface area contributed by atoms with Crippen molar-refractivity contribution in [3.63, 3.8) is 0 Å². The molecule has 1 fully saturated rings. The summed E-state index contributed by atoms with van der Waals surface area (Å²) in [6, 6.07) is 3.65. The molecule has 1 heterocycles. The monoisotopic (exact) mass is 280 g/mol. The number of methoxy groups -OCH3 is 2. The van der Waals surface area contributed by atoms with Gasteiger partial charge in [-0.05, 0) is 6.42 Å². The summed E-state index contributed by atoms with van der Waals surface area (Å²) in [6.07, 6.45) is 0.927. The largest absolute Gasteiger partial charge is 0.507 e. The van der Waals surface area contributed by atoms with Gasteiger partial charge in [-0.3, -0.25) is 4.90 Å². The highest BCUT2D eigenvalue weighted by Gasteiger charge is 2.26. The number of rotatable bonds is 5. The predicted octanol–water partition coefficient (Wildman–Crippen LogP) is 1.77. The topological polar surface area (TPSA) is 54.0 Å². The van der Waals surface area contributed by atoms with Gasteiger partial charge in [0.15, 0.2) is 0 Å². The van der Waals surface area contributed by atoms with Crippen LogP contribution in [0.3, 0.4) is 0 Å². The Labute approximate surface area is 120 Å². The molecule has 0 aliphatic carbocycles. The van der Waals surface area contributed by atoms with E-state index in [2.05, 4.69) is 17.1 Å². The van der Waals surface area contributed by atoms with Crippen molar-refractivity contribution in [1.29, 1.82) is 0 Å². The molecule has 0 unspecified atom stereocenters. The van der Waals surface area contributed by atoms with Crippen molar-refractivity contribution in [3.8, 4) is 17.2 Å². The van der Waals surface area contributed by atoms with E-state index in [1.165, 1.54) is 0 Å². The number of ether oxygens (including phenoxy) is 2. The molecule has 5 nitrogen and oxygen atoms in total. The Morgan fingerprint density at radius 3 is 2.50 bits per heavy atom. The van der Waals surface area contributed by atoms with Crippen molar-refractivity contribution in [3.05, 3.63) is 17.7 Å². The first kappa shape index (κ1) is 14.9. The normalized spacial score (nSPS) is 17.8. The molecule has 1 aliphatic heterocycles. The minimum absolute atomic E-state index is 0.165. The summed E-state index contributed by atoms with van der Waals surface area (Å²) in [7, 11) is 3.21. The first-order valence-electron chi connectivity index (χ1n) is 7.10. The lowest BCUT2D eigenvalue weighted by molar-refractivity contribution is 0.163. The summed E-state index contributed by atoms with van der Waals surface area (Å²) < 4.78 is 10.6. The predicted molar refractivity (Wildman–Crippen MR) is 78.7 cm³/mol. The van der Waals surface area contributed by atoms with Crippen LogP contribution in [0.2, 0.25) is 0 Å². The molecule has 2 rings (SSSR count). The zero-order valence-electron chi connectivity index (χ0n) is 12.5. The molecule has 1 saturated heterocycles. The molecule has 1 aliphatic rings. The second kappa shape index (κ2) is 6.81. The molecule has 0 saturated carbocycles. The maximum atomic E-state index is 10.4. The van der Waals surface area contributed by atoms with E-state index in [1.54, 1.807) is 20.3 Å². The Kier molecular flexibility index (Phi) is 5.09.